The fourth-order valence-electron chi connectivity index (χ4n) is 1.84. The Labute approximate surface area is 127 Å². The van der Waals surface area contributed by atoms with Gasteiger partial charge in [0.25, 0.3) is 0 Å². The first kappa shape index (κ1) is 16.1. The molecule has 0 aliphatic carbocycles. The molecule has 0 saturated carbocycles. The lowest BCUT2D eigenvalue weighted by molar-refractivity contribution is 0.331. The molecule has 1 unspecified atom stereocenters. The summed E-state index contributed by atoms with van der Waals surface area (Å²) in [5.41, 5.74) is 1.46. The van der Waals surface area contributed by atoms with Gasteiger partial charge in [-0.25, -0.2) is 0 Å². The second kappa shape index (κ2) is 7.01. The molecule has 1 aromatic heterocycles. The minimum absolute atomic E-state index is 0.316. The van der Waals surface area contributed by atoms with E-state index >= 15 is 0 Å². The summed E-state index contributed by atoms with van der Waals surface area (Å²) < 4.78 is 2.07. The van der Waals surface area contributed by atoms with Crippen LogP contribution in [-0.2, 0) is 0 Å². The van der Waals surface area contributed by atoms with Crippen molar-refractivity contribution in [3.63, 3.8) is 0 Å². The Balaban J connectivity index is 2.83. The maximum Gasteiger partial charge on any atom is 0.0715 e. The maximum atomic E-state index is 4.54. The van der Waals surface area contributed by atoms with Crippen molar-refractivity contribution in [2.24, 2.45) is 5.41 Å². The van der Waals surface area contributed by atoms with E-state index in [4.69, 9.17) is 0 Å². The zero-order chi connectivity index (χ0) is 13.8. The van der Waals surface area contributed by atoms with Gasteiger partial charge in [-0.05, 0) is 62.7 Å². The number of rotatable bonds is 5. The van der Waals surface area contributed by atoms with Crippen molar-refractivity contribution in [3.05, 3.63) is 26.9 Å². The summed E-state index contributed by atoms with van der Waals surface area (Å²) in [6, 6.07) is 2.38. The van der Waals surface area contributed by atoms with Gasteiger partial charge in [-0.2, -0.15) is 0 Å². The number of halogens is 2. The summed E-state index contributed by atoms with van der Waals surface area (Å²) in [6.07, 6.45) is 4.14. The minimum Gasteiger partial charge on any atom is -0.309 e. The molecule has 1 heterocycles. The van der Waals surface area contributed by atoms with E-state index in [2.05, 4.69) is 75.9 Å². The van der Waals surface area contributed by atoms with Crippen LogP contribution in [0.15, 0.2) is 21.2 Å². The monoisotopic (exact) mass is 376 g/mol. The van der Waals surface area contributed by atoms with Gasteiger partial charge in [-0.15, -0.1) is 0 Å². The Hall–Kier alpha value is 0.0700. The zero-order valence-electron chi connectivity index (χ0n) is 11.6. The molecule has 0 aliphatic heterocycles. The number of aromatic nitrogens is 1. The molecule has 4 heteroatoms. The highest BCUT2D eigenvalue weighted by atomic mass is 79.9. The highest BCUT2D eigenvalue weighted by Crippen LogP contribution is 2.30. The number of nitrogens with zero attached hydrogens (tertiary/aromatic N) is 1. The first-order valence-corrected chi connectivity index (χ1v) is 7.96. The summed E-state index contributed by atoms with van der Waals surface area (Å²) in [7, 11) is 0. The fourth-order valence-corrected chi connectivity index (χ4v) is 3.10. The molecule has 0 bridgehead atoms. The third-order valence-electron chi connectivity index (χ3n) is 2.80. The van der Waals surface area contributed by atoms with Gasteiger partial charge in [-0.3, -0.25) is 4.98 Å². The van der Waals surface area contributed by atoms with Crippen LogP contribution in [0.5, 0.6) is 0 Å². The lowest BCUT2D eigenvalue weighted by atomic mass is 9.88. The van der Waals surface area contributed by atoms with Gasteiger partial charge in [0.1, 0.15) is 0 Å². The van der Waals surface area contributed by atoms with Gasteiger partial charge in [0.05, 0.1) is 11.7 Å². The molecule has 0 spiro atoms. The summed E-state index contributed by atoms with van der Waals surface area (Å²) in [5.74, 6) is 0. The van der Waals surface area contributed by atoms with Crippen molar-refractivity contribution >= 4 is 31.9 Å². The minimum atomic E-state index is 0.316. The van der Waals surface area contributed by atoms with Crippen molar-refractivity contribution in [3.8, 4) is 0 Å². The highest BCUT2D eigenvalue weighted by molar-refractivity contribution is 9.11. The van der Waals surface area contributed by atoms with Gasteiger partial charge < -0.3 is 5.32 Å². The van der Waals surface area contributed by atoms with E-state index < -0.39 is 0 Å². The quantitative estimate of drug-likeness (QED) is 0.773. The van der Waals surface area contributed by atoms with Crippen LogP contribution in [0.25, 0.3) is 0 Å². The lowest BCUT2D eigenvalue weighted by Gasteiger charge is -2.24. The van der Waals surface area contributed by atoms with Gasteiger partial charge in [0.15, 0.2) is 0 Å². The summed E-state index contributed by atoms with van der Waals surface area (Å²) in [5, 5.41) is 3.52. The Morgan fingerprint density at radius 2 is 2.00 bits per heavy atom. The van der Waals surface area contributed by atoms with E-state index in [-0.39, 0.29) is 0 Å². The third-order valence-corrected chi connectivity index (χ3v) is 3.87. The predicted molar refractivity (Wildman–Crippen MR) is 84.7 cm³/mol. The number of pyridine rings is 1. The van der Waals surface area contributed by atoms with Crippen LogP contribution in [0.1, 0.15) is 52.3 Å². The molecular weight excluding hydrogens is 356 g/mol. The van der Waals surface area contributed by atoms with Crippen LogP contribution in [0.4, 0.5) is 0 Å². The fraction of sp³-hybridized carbons (Fsp3) is 0.643. The molecule has 1 aromatic rings. The van der Waals surface area contributed by atoms with E-state index in [1.807, 2.05) is 6.20 Å². The Kier molecular flexibility index (Phi) is 6.28. The summed E-state index contributed by atoms with van der Waals surface area (Å²) in [6.45, 7) is 9.93. The molecular formula is C14H22Br2N2. The Morgan fingerprint density at radius 1 is 1.33 bits per heavy atom. The molecule has 0 aliphatic rings. The zero-order valence-corrected chi connectivity index (χ0v) is 14.7. The largest absolute Gasteiger partial charge is 0.309 e. The van der Waals surface area contributed by atoms with Gasteiger partial charge in [-0.1, -0.05) is 27.7 Å². The average Bonchev–Trinajstić information content (AvgIpc) is 2.24. The van der Waals surface area contributed by atoms with E-state index in [0.29, 0.717) is 11.5 Å². The highest BCUT2D eigenvalue weighted by Gasteiger charge is 2.19. The smallest absolute Gasteiger partial charge is 0.0715 e. The van der Waals surface area contributed by atoms with Gasteiger partial charge in [0.2, 0.25) is 0 Å². The van der Waals surface area contributed by atoms with Crippen LogP contribution in [0.3, 0.4) is 0 Å². The lowest BCUT2D eigenvalue weighted by Crippen LogP contribution is -2.24. The topological polar surface area (TPSA) is 24.9 Å². The molecule has 0 amide bonds. The molecule has 1 atom stereocenters. The van der Waals surface area contributed by atoms with Crippen LogP contribution in [0, 0.1) is 5.41 Å². The molecule has 2 nitrogen and oxygen atoms in total. The first-order valence-electron chi connectivity index (χ1n) is 6.38. The number of hydrogen-bond acceptors (Lipinski definition) is 2. The van der Waals surface area contributed by atoms with E-state index in [1.165, 1.54) is 6.42 Å². The third kappa shape index (κ3) is 5.37. The molecule has 0 saturated heterocycles. The van der Waals surface area contributed by atoms with Crippen LogP contribution in [0.2, 0.25) is 0 Å². The summed E-state index contributed by atoms with van der Waals surface area (Å²) >= 11 is 7.05. The van der Waals surface area contributed by atoms with Crippen LogP contribution >= 0.6 is 31.9 Å². The second-order valence-electron chi connectivity index (χ2n) is 5.73. The molecule has 1 rings (SSSR count). The number of hydrogen-bond donors (Lipinski definition) is 1. The predicted octanol–water partition coefficient (Wildman–Crippen LogP) is 5.08. The second-order valence-corrected chi connectivity index (χ2v) is 7.50. The molecule has 0 radical (unpaired) electrons. The van der Waals surface area contributed by atoms with Crippen LogP contribution < -0.4 is 5.32 Å². The first-order chi connectivity index (χ1) is 8.33. The van der Waals surface area contributed by atoms with Crippen molar-refractivity contribution in [2.75, 3.05) is 6.54 Å². The van der Waals surface area contributed by atoms with E-state index in [1.54, 1.807) is 0 Å². The average molecular weight is 378 g/mol. The molecule has 1 N–H and O–H groups in total. The molecule has 0 fully saturated rings. The SMILES string of the molecule is CCNC(CCC(C)(C)C)c1ncc(Br)cc1Br. The van der Waals surface area contributed by atoms with E-state index in [9.17, 15) is 0 Å². The van der Waals surface area contributed by atoms with E-state index in [0.717, 1.165) is 27.6 Å². The van der Waals surface area contributed by atoms with Crippen molar-refractivity contribution in [2.45, 2.75) is 46.6 Å². The van der Waals surface area contributed by atoms with Crippen molar-refractivity contribution < 1.29 is 0 Å². The van der Waals surface area contributed by atoms with Crippen molar-refractivity contribution in [1.82, 2.24) is 10.3 Å². The van der Waals surface area contributed by atoms with Crippen LogP contribution in [-0.4, -0.2) is 11.5 Å². The molecule has 18 heavy (non-hydrogen) atoms. The Morgan fingerprint density at radius 3 is 2.50 bits per heavy atom. The molecule has 102 valence electrons. The Bertz CT molecular complexity index is 386. The summed E-state index contributed by atoms with van der Waals surface area (Å²) in [4.78, 5) is 4.54. The van der Waals surface area contributed by atoms with Crippen molar-refractivity contribution in [1.29, 1.82) is 0 Å². The van der Waals surface area contributed by atoms with Gasteiger partial charge >= 0.3 is 0 Å². The number of nitrogens with one attached hydrogen (secondary N) is 1. The normalized spacial score (nSPS) is 13.7. The maximum absolute atomic E-state index is 4.54. The van der Waals surface area contributed by atoms with Gasteiger partial charge in [0, 0.05) is 15.1 Å². The molecule has 0 aromatic carbocycles. The standard InChI is InChI=1S/C14H22Br2N2/c1-5-17-12(6-7-14(2,3)4)13-11(16)8-10(15)9-18-13/h8-9,12,17H,5-7H2,1-4H3.